The summed E-state index contributed by atoms with van der Waals surface area (Å²) in [4.78, 5) is 4.31. The van der Waals surface area contributed by atoms with Crippen LogP contribution in [0.5, 0.6) is 0 Å². The molecule has 0 saturated carbocycles. The second-order valence-electron chi connectivity index (χ2n) is 24.8. The van der Waals surface area contributed by atoms with Crippen molar-refractivity contribution in [3.05, 3.63) is 362 Å². The molecule has 1 spiro atoms. The number of benzene rings is 15. The molecule has 18 aromatic rings. The van der Waals surface area contributed by atoms with E-state index in [0.29, 0.717) is 11.4 Å². The molecule has 448 valence electrons. The lowest BCUT2D eigenvalue weighted by atomic mass is 9.70. The molecule has 2 aliphatic carbocycles. The molecule has 3 nitrogen and oxygen atoms in total. The molecule has 15 aromatic carbocycles. The molecule has 3 heterocycles. The lowest BCUT2D eigenvalue weighted by molar-refractivity contribution is 0.669. The van der Waals surface area contributed by atoms with Crippen LogP contribution >= 0.6 is 23.1 Å². The van der Waals surface area contributed by atoms with Crippen LogP contribution in [0.3, 0.4) is 0 Å². The van der Waals surface area contributed by atoms with E-state index < -0.39 is 41.7 Å². The minimum atomic E-state index is -0.500. The van der Waals surface area contributed by atoms with E-state index in [1.54, 1.807) is 27.7 Å². The minimum absolute atomic E-state index is 0.00687. The standard InChI is InChI=1S/C91H56N2OS2/c1-3-22-57(23-4-1)67-34-20-35-68(58-24-5-2-6-25-58)90(67)92(63-26-19-27-64(55-63)93-82-39-16-10-31-72(82)73-32-11-17-40-83(73)93)65-50-62(61-45-48-85-76(53-61)74-33-12-18-41-84(74)94-85)51-66(56-65)95-87-42-21-43-88-89(87)77-54-60(46-49-86(77)96-88)59-44-47-81-75(52-59)71-30-9-15-38-80(71)91(81)78-36-13-7-28-69(78)70-29-8-14-37-79(70)91/h1-56H/i10D,11D,16D,17D,31D,32D,39D,40D. The molecule has 0 unspecified atom stereocenters. The van der Waals surface area contributed by atoms with Crippen LogP contribution in [0.25, 0.3) is 136 Å². The number of hydrogen-bond donors (Lipinski definition) is 0. The zero-order valence-corrected chi connectivity index (χ0v) is 53.0. The van der Waals surface area contributed by atoms with E-state index in [1.807, 2.05) is 78.9 Å². The third kappa shape index (κ3) is 8.34. The zero-order chi connectivity index (χ0) is 70.0. The van der Waals surface area contributed by atoms with Crippen LogP contribution < -0.4 is 4.90 Å². The quantitative estimate of drug-likeness (QED) is 0.136. The number of aromatic nitrogens is 1. The lowest BCUT2D eigenvalue weighted by Gasteiger charge is -2.31. The van der Waals surface area contributed by atoms with Gasteiger partial charge in [-0.15, -0.1) is 11.3 Å². The van der Waals surface area contributed by atoms with Crippen molar-refractivity contribution in [3.63, 3.8) is 0 Å². The first-order valence-corrected chi connectivity index (χ1v) is 33.8. The highest BCUT2D eigenvalue weighted by molar-refractivity contribution is 7.99. The van der Waals surface area contributed by atoms with Crippen molar-refractivity contribution in [2.45, 2.75) is 15.2 Å². The van der Waals surface area contributed by atoms with E-state index in [4.69, 9.17) is 9.90 Å². The molecule has 3 aromatic heterocycles. The predicted octanol–water partition coefficient (Wildman–Crippen LogP) is 25.7. The van der Waals surface area contributed by atoms with Gasteiger partial charge in [-0.2, -0.15) is 0 Å². The number of fused-ring (bicyclic) bond motifs is 19. The Kier molecular flexibility index (Phi) is 10.7. The Morgan fingerprint density at radius 1 is 0.354 bits per heavy atom. The highest BCUT2D eigenvalue weighted by Gasteiger charge is 2.51. The zero-order valence-electron chi connectivity index (χ0n) is 59.3. The number of hydrogen-bond acceptors (Lipinski definition) is 4. The Morgan fingerprint density at radius 2 is 0.906 bits per heavy atom. The van der Waals surface area contributed by atoms with E-state index >= 15 is 0 Å². The molecule has 2 aliphatic rings. The fourth-order valence-electron chi connectivity index (χ4n) is 15.7. The van der Waals surface area contributed by atoms with Crippen molar-refractivity contribution in [1.29, 1.82) is 0 Å². The number of anilines is 3. The van der Waals surface area contributed by atoms with Crippen LogP contribution in [0.1, 0.15) is 33.2 Å². The summed E-state index contributed by atoms with van der Waals surface area (Å²) >= 11 is 3.51. The van der Waals surface area contributed by atoms with Crippen molar-refractivity contribution in [3.8, 4) is 72.4 Å². The first-order valence-electron chi connectivity index (χ1n) is 36.2. The first kappa shape index (κ1) is 47.2. The van der Waals surface area contributed by atoms with E-state index in [2.05, 4.69) is 217 Å². The average molecular weight is 1270 g/mol. The second kappa shape index (κ2) is 21.7. The monoisotopic (exact) mass is 1260 g/mol. The van der Waals surface area contributed by atoms with Crippen molar-refractivity contribution in [2.75, 3.05) is 4.90 Å². The van der Waals surface area contributed by atoms with Gasteiger partial charge in [0.2, 0.25) is 0 Å². The van der Waals surface area contributed by atoms with Gasteiger partial charge in [-0.25, -0.2) is 0 Å². The summed E-state index contributed by atoms with van der Waals surface area (Å²) in [6.45, 7) is 0. The van der Waals surface area contributed by atoms with Crippen LogP contribution in [0.15, 0.2) is 354 Å². The summed E-state index contributed by atoms with van der Waals surface area (Å²) in [6.07, 6.45) is 0. The third-order valence-electron chi connectivity index (χ3n) is 19.7. The summed E-state index contributed by atoms with van der Waals surface area (Å²) in [5.41, 5.74) is 22.2. The number of nitrogens with zero attached hydrogens (tertiary/aromatic N) is 2. The Hall–Kier alpha value is -11.7. The fourth-order valence-corrected chi connectivity index (χ4v) is 17.9. The van der Waals surface area contributed by atoms with Gasteiger partial charge in [-0.1, -0.05) is 254 Å². The Labute approximate surface area is 574 Å². The minimum Gasteiger partial charge on any atom is -0.456 e. The van der Waals surface area contributed by atoms with Gasteiger partial charge >= 0.3 is 0 Å². The highest BCUT2D eigenvalue weighted by Crippen LogP contribution is 2.63. The highest BCUT2D eigenvalue weighted by atomic mass is 32.2. The van der Waals surface area contributed by atoms with Gasteiger partial charge in [0.25, 0.3) is 0 Å². The summed E-state index contributed by atoms with van der Waals surface area (Å²) in [7, 11) is 0. The molecule has 0 radical (unpaired) electrons. The number of thiophene rings is 1. The number of para-hydroxylation sites is 4. The molecule has 0 fully saturated rings. The van der Waals surface area contributed by atoms with Gasteiger partial charge in [-0.05, 0) is 175 Å². The largest absolute Gasteiger partial charge is 0.456 e. The molecule has 20 rings (SSSR count). The Morgan fingerprint density at radius 3 is 1.62 bits per heavy atom. The summed E-state index contributed by atoms with van der Waals surface area (Å²) in [5, 5.41) is 4.33. The summed E-state index contributed by atoms with van der Waals surface area (Å²) in [6, 6.07) is 100. The van der Waals surface area contributed by atoms with Gasteiger partial charge in [0.05, 0.1) is 33.1 Å². The summed E-state index contributed by atoms with van der Waals surface area (Å²) in [5.74, 6) is 0. The molecule has 0 amide bonds. The van der Waals surface area contributed by atoms with Crippen molar-refractivity contribution >= 4 is 104 Å². The molecule has 5 heteroatoms. The van der Waals surface area contributed by atoms with Crippen molar-refractivity contribution < 1.29 is 15.4 Å². The average Bonchev–Trinajstić information content (AvgIpc) is 1.51. The smallest absolute Gasteiger partial charge is 0.135 e. The van der Waals surface area contributed by atoms with Gasteiger partial charge in [0, 0.05) is 79.7 Å². The van der Waals surface area contributed by atoms with Crippen LogP contribution in [-0.4, -0.2) is 4.57 Å². The SMILES string of the molecule is [2H]c1c([2H])c([2H])c2c(c1[2H])c1c([2H])c([2H])c([2H])c([2H])c1n2-c1cccc(N(c2cc(Sc3cccc4sc5ccc(-c6ccc7c(c6)-c6ccccc6C76c7ccccc7-c7ccccc76)cc5c34)cc(-c3ccc4oc5ccccc5c4c3)c2)c2c(-c3ccccc3)cccc2-c2ccccc2)c1. The molecule has 0 bridgehead atoms. The molecular formula is C91H56N2OS2. The molecular weight excluding hydrogens is 1200 g/mol. The fraction of sp³-hybridized carbons (Fsp3) is 0.0110. The third-order valence-corrected chi connectivity index (χ3v) is 21.9. The second-order valence-corrected chi connectivity index (χ2v) is 27.0. The number of furan rings is 1. The van der Waals surface area contributed by atoms with Crippen LogP contribution in [-0.2, 0) is 5.41 Å². The molecule has 0 N–H and O–H groups in total. The van der Waals surface area contributed by atoms with Crippen LogP contribution in [0.2, 0.25) is 0 Å². The maximum Gasteiger partial charge on any atom is 0.135 e. The number of rotatable bonds is 10. The van der Waals surface area contributed by atoms with E-state index in [-0.39, 0.29) is 33.9 Å². The van der Waals surface area contributed by atoms with E-state index in [1.165, 1.54) is 53.9 Å². The first-order chi connectivity index (χ1) is 50.9. The topological polar surface area (TPSA) is 21.3 Å². The van der Waals surface area contributed by atoms with Crippen LogP contribution in [0.4, 0.5) is 17.1 Å². The lowest BCUT2D eigenvalue weighted by Crippen LogP contribution is -2.25. The van der Waals surface area contributed by atoms with E-state index in [9.17, 15) is 5.48 Å². The Bertz CT molecular complexity index is 6540. The molecule has 0 saturated heterocycles. The predicted molar refractivity (Wildman–Crippen MR) is 404 cm³/mol. The Balaban J connectivity index is 0.810. The van der Waals surface area contributed by atoms with Gasteiger partial charge in [0.1, 0.15) is 11.2 Å². The van der Waals surface area contributed by atoms with E-state index in [0.717, 1.165) is 98.4 Å². The molecule has 0 atom stereocenters. The van der Waals surface area contributed by atoms with Crippen molar-refractivity contribution in [2.24, 2.45) is 0 Å². The van der Waals surface area contributed by atoms with Gasteiger partial charge in [0.15, 0.2) is 0 Å². The molecule has 96 heavy (non-hydrogen) atoms. The molecule has 0 aliphatic heterocycles. The van der Waals surface area contributed by atoms with Crippen LogP contribution in [0, 0.1) is 0 Å². The van der Waals surface area contributed by atoms with Gasteiger partial charge in [-0.3, -0.25) is 0 Å². The maximum absolute atomic E-state index is 9.55. The van der Waals surface area contributed by atoms with Crippen molar-refractivity contribution in [1.82, 2.24) is 4.57 Å². The van der Waals surface area contributed by atoms with Gasteiger partial charge < -0.3 is 13.9 Å². The summed E-state index contributed by atoms with van der Waals surface area (Å²) < 4.78 is 84.0. The maximum atomic E-state index is 9.55. The normalized spacial score (nSPS) is 13.9.